The molecule has 0 radical (unpaired) electrons. The summed E-state index contributed by atoms with van der Waals surface area (Å²) in [5.41, 5.74) is 2.05. The van der Waals surface area contributed by atoms with Gasteiger partial charge in [-0.2, -0.15) is 0 Å². The van der Waals surface area contributed by atoms with E-state index in [0.717, 1.165) is 17.5 Å². The molecule has 0 heterocycles. The van der Waals surface area contributed by atoms with Gasteiger partial charge in [0.25, 0.3) is 0 Å². The van der Waals surface area contributed by atoms with E-state index in [1.54, 1.807) is 12.1 Å². The molecule has 0 amide bonds. The second-order valence-electron chi connectivity index (χ2n) is 5.46. The summed E-state index contributed by atoms with van der Waals surface area (Å²) in [4.78, 5) is 0. The molecule has 0 fully saturated rings. The summed E-state index contributed by atoms with van der Waals surface area (Å²) in [5, 5.41) is 19.4. The molecule has 2 unspecified atom stereocenters. The molecule has 2 atom stereocenters. The highest BCUT2D eigenvalue weighted by Gasteiger charge is 2.32. The van der Waals surface area contributed by atoms with Crippen LogP contribution in [0.2, 0.25) is 0 Å². The van der Waals surface area contributed by atoms with E-state index < -0.39 is 0 Å². The molecule has 0 saturated carbocycles. The first-order chi connectivity index (χ1) is 8.42. The van der Waals surface area contributed by atoms with Gasteiger partial charge in [0.15, 0.2) is 0 Å². The van der Waals surface area contributed by atoms with Gasteiger partial charge in [-0.3, -0.25) is 0 Å². The normalized spacial score (nSPS) is 24.7. The van der Waals surface area contributed by atoms with Gasteiger partial charge >= 0.3 is 0 Å². The summed E-state index contributed by atoms with van der Waals surface area (Å²) in [6.07, 6.45) is 6.40. The molecule has 2 heteroatoms. The molecule has 0 bridgehead atoms. The van der Waals surface area contributed by atoms with Gasteiger partial charge in [-0.1, -0.05) is 37.6 Å². The van der Waals surface area contributed by atoms with Gasteiger partial charge < -0.3 is 10.2 Å². The molecule has 2 N–H and O–H groups in total. The van der Waals surface area contributed by atoms with Crippen LogP contribution in [0, 0.1) is 12.3 Å². The Balaban J connectivity index is 2.34. The van der Waals surface area contributed by atoms with Gasteiger partial charge in [0.1, 0.15) is 11.5 Å². The number of hydrogen-bond donors (Lipinski definition) is 2. The van der Waals surface area contributed by atoms with E-state index in [9.17, 15) is 10.2 Å². The van der Waals surface area contributed by atoms with E-state index in [2.05, 4.69) is 13.8 Å². The van der Waals surface area contributed by atoms with Crippen molar-refractivity contribution in [3.63, 3.8) is 0 Å². The number of aryl methyl sites for hydroxylation is 1. The van der Waals surface area contributed by atoms with Gasteiger partial charge in [0, 0.05) is 0 Å². The molecule has 1 aliphatic carbocycles. The Kier molecular flexibility index (Phi) is 3.20. The highest BCUT2D eigenvalue weighted by Crippen LogP contribution is 2.44. The number of allylic oxidation sites excluding steroid dienone is 3. The number of benzene rings is 1. The van der Waals surface area contributed by atoms with Crippen LogP contribution in [0.15, 0.2) is 42.2 Å². The minimum atomic E-state index is -0.0719. The van der Waals surface area contributed by atoms with Gasteiger partial charge in [-0.15, -0.1) is 0 Å². The molecule has 18 heavy (non-hydrogen) atoms. The van der Waals surface area contributed by atoms with Crippen molar-refractivity contribution in [2.45, 2.75) is 33.1 Å². The SMILES string of the molecule is Cc1ccc(O)c(C(C)C2(C)C=CC(O)=CC2)c1. The highest BCUT2D eigenvalue weighted by atomic mass is 16.3. The number of aliphatic hydroxyl groups is 1. The van der Waals surface area contributed by atoms with Crippen molar-refractivity contribution in [1.29, 1.82) is 0 Å². The zero-order chi connectivity index (χ0) is 13.3. The number of aliphatic hydroxyl groups excluding tert-OH is 1. The molecule has 1 aromatic rings. The van der Waals surface area contributed by atoms with E-state index >= 15 is 0 Å². The fraction of sp³-hybridized carbons (Fsp3) is 0.375. The van der Waals surface area contributed by atoms with Crippen LogP contribution in [-0.4, -0.2) is 10.2 Å². The van der Waals surface area contributed by atoms with Crippen molar-refractivity contribution < 1.29 is 10.2 Å². The Morgan fingerprint density at radius 1 is 1.28 bits per heavy atom. The summed E-state index contributed by atoms with van der Waals surface area (Å²) in [7, 11) is 0. The Bertz CT molecular complexity index is 514. The Hall–Kier alpha value is -1.70. The van der Waals surface area contributed by atoms with Crippen LogP contribution in [0.4, 0.5) is 0 Å². The van der Waals surface area contributed by atoms with Crippen LogP contribution in [0.5, 0.6) is 5.75 Å². The lowest BCUT2D eigenvalue weighted by molar-refractivity contribution is 0.328. The smallest absolute Gasteiger partial charge is 0.119 e. The molecule has 1 aromatic carbocycles. The van der Waals surface area contributed by atoms with Gasteiger partial charge in [-0.25, -0.2) is 0 Å². The van der Waals surface area contributed by atoms with Crippen LogP contribution in [0.25, 0.3) is 0 Å². The number of hydrogen-bond acceptors (Lipinski definition) is 2. The molecule has 0 saturated heterocycles. The van der Waals surface area contributed by atoms with Gasteiger partial charge in [0.2, 0.25) is 0 Å². The maximum Gasteiger partial charge on any atom is 0.119 e. The first-order valence-electron chi connectivity index (χ1n) is 6.30. The number of aromatic hydroxyl groups is 1. The highest BCUT2D eigenvalue weighted by molar-refractivity contribution is 5.40. The Morgan fingerprint density at radius 2 is 2.00 bits per heavy atom. The lowest BCUT2D eigenvalue weighted by Gasteiger charge is -2.34. The molecule has 1 aliphatic rings. The fourth-order valence-electron chi connectivity index (χ4n) is 2.43. The predicted molar refractivity (Wildman–Crippen MR) is 73.8 cm³/mol. The topological polar surface area (TPSA) is 40.5 Å². The molecule has 0 aliphatic heterocycles. The minimum Gasteiger partial charge on any atom is -0.508 e. The average molecular weight is 244 g/mol. The molecule has 2 nitrogen and oxygen atoms in total. The van der Waals surface area contributed by atoms with E-state index in [1.807, 2.05) is 31.2 Å². The Labute approximate surface area is 108 Å². The summed E-state index contributed by atoms with van der Waals surface area (Å²) >= 11 is 0. The maximum absolute atomic E-state index is 10.0. The van der Waals surface area contributed by atoms with Crippen molar-refractivity contribution in [1.82, 2.24) is 0 Å². The fourth-order valence-corrected chi connectivity index (χ4v) is 2.43. The summed E-state index contributed by atoms with van der Waals surface area (Å²) in [5.74, 6) is 0.868. The average Bonchev–Trinajstić information content (AvgIpc) is 2.35. The number of phenols is 1. The second-order valence-corrected chi connectivity index (χ2v) is 5.46. The molecule has 0 spiro atoms. The molecular weight excluding hydrogens is 224 g/mol. The molecule has 96 valence electrons. The predicted octanol–water partition coefficient (Wildman–Crippen LogP) is 4.21. The Morgan fingerprint density at radius 3 is 2.61 bits per heavy atom. The van der Waals surface area contributed by atoms with E-state index in [1.165, 1.54) is 0 Å². The van der Waals surface area contributed by atoms with Crippen LogP contribution in [-0.2, 0) is 0 Å². The minimum absolute atomic E-state index is 0.0719. The van der Waals surface area contributed by atoms with Crippen LogP contribution in [0.3, 0.4) is 0 Å². The third kappa shape index (κ3) is 2.28. The summed E-state index contributed by atoms with van der Waals surface area (Å²) in [6, 6.07) is 5.71. The third-order valence-electron chi connectivity index (χ3n) is 4.02. The monoisotopic (exact) mass is 244 g/mol. The zero-order valence-corrected chi connectivity index (χ0v) is 11.1. The third-order valence-corrected chi connectivity index (χ3v) is 4.02. The molecule has 2 rings (SSSR count). The van der Waals surface area contributed by atoms with E-state index in [0.29, 0.717) is 11.5 Å². The van der Waals surface area contributed by atoms with Crippen molar-refractivity contribution in [3.05, 3.63) is 53.3 Å². The zero-order valence-electron chi connectivity index (χ0n) is 11.1. The first kappa shape index (κ1) is 12.7. The summed E-state index contributed by atoms with van der Waals surface area (Å²) < 4.78 is 0. The van der Waals surface area contributed by atoms with Gasteiger partial charge in [-0.05, 0) is 48.5 Å². The maximum atomic E-state index is 10.0. The van der Waals surface area contributed by atoms with Gasteiger partial charge in [0.05, 0.1) is 0 Å². The van der Waals surface area contributed by atoms with E-state index in [-0.39, 0.29) is 11.3 Å². The molecular formula is C16H20O2. The van der Waals surface area contributed by atoms with Crippen LogP contribution in [0.1, 0.15) is 37.3 Å². The van der Waals surface area contributed by atoms with Crippen molar-refractivity contribution >= 4 is 0 Å². The standard InChI is InChI=1S/C16H20O2/c1-11-4-5-15(18)14(10-11)12(2)16(3)8-6-13(17)7-9-16/h4-8,10,12,17-18H,9H2,1-3H3. The number of rotatable bonds is 2. The van der Waals surface area contributed by atoms with Crippen LogP contribution < -0.4 is 0 Å². The van der Waals surface area contributed by atoms with Crippen molar-refractivity contribution in [2.75, 3.05) is 0 Å². The lowest BCUT2D eigenvalue weighted by atomic mass is 9.70. The summed E-state index contributed by atoms with van der Waals surface area (Å²) in [6.45, 7) is 6.30. The quantitative estimate of drug-likeness (QED) is 0.818. The second kappa shape index (κ2) is 4.52. The molecule has 0 aromatic heterocycles. The number of phenolic OH excluding ortho intramolecular Hbond substituents is 1. The van der Waals surface area contributed by atoms with E-state index in [4.69, 9.17) is 0 Å². The first-order valence-corrected chi connectivity index (χ1v) is 6.30. The lowest BCUT2D eigenvalue weighted by Crippen LogP contribution is -2.22. The largest absolute Gasteiger partial charge is 0.508 e. The van der Waals surface area contributed by atoms with Crippen LogP contribution >= 0.6 is 0 Å². The van der Waals surface area contributed by atoms with Crippen molar-refractivity contribution in [3.8, 4) is 5.75 Å². The van der Waals surface area contributed by atoms with Crippen molar-refractivity contribution in [2.24, 2.45) is 5.41 Å².